The van der Waals surface area contributed by atoms with Crippen molar-refractivity contribution in [1.29, 1.82) is 0 Å². The molecule has 7 heteroatoms. The Morgan fingerprint density at radius 3 is 2.50 bits per heavy atom. The molecule has 0 fully saturated rings. The molecule has 0 aliphatic carbocycles. The second-order valence-electron chi connectivity index (χ2n) is 2.93. The third kappa shape index (κ3) is 2.74. The van der Waals surface area contributed by atoms with Crippen LogP contribution in [0.1, 0.15) is 0 Å². The number of benzene rings is 1. The molecule has 0 aromatic heterocycles. The van der Waals surface area contributed by atoms with Gasteiger partial charge in [0.05, 0.1) is 12.4 Å². The Balaban J connectivity index is 2.10. The second-order valence-corrected chi connectivity index (χ2v) is 4.76. The van der Waals surface area contributed by atoms with Gasteiger partial charge in [0, 0.05) is 5.02 Å². The van der Waals surface area contributed by atoms with Gasteiger partial charge in [0.2, 0.25) is 0 Å². The van der Waals surface area contributed by atoms with Crippen molar-refractivity contribution in [1.82, 2.24) is 4.72 Å². The van der Waals surface area contributed by atoms with Crippen LogP contribution in [0.25, 0.3) is 0 Å². The lowest BCUT2D eigenvalue weighted by Gasteiger charge is -2.09. The van der Waals surface area contributed by atoms with E-state index in [0.717, 1.165) is 6.21 Å². The van der Waals surface area contributed by atoms with Crippen LogP contribution in [-0.4, -0.2) is 14.6 Å². The van der Waals surface area contributed by atoms with Crippen molar-refractivity contribution in [3.63, 3.8) is 0 Å². The van der Waals surface area contributed by atoms with Gasteiger partial charge in [-0.2, -0.15) is 8.42 Å². The zero-order chi connectivity index (χ0) is 11.6. The van der Waals surface area contributed by atoms with Crippen LogP contribution >= 0.6 is 11.6 Å². The molecule has 84 valence electrons. The van der Waals surface area contributed by atoms with Gasteiger partial charge in [0.15, 0.2) is 5.76 Å². The van der Waals surface area contributed by atoms with Crippen LogP contribution in [0.5, 0.6) is 5.75 Å². The van der Waals surface area contributed by atoms with Crippen LogP contribution in [0.3, 0.4) is 0 Å². The average molecular weight is 259 g/mol. The molecule has 5 nitrogen and oxygen atoms in total. The molecule has 1 aromatic rings. The van der Waals surface area contributed by atoms with Crippen molar-refractivity contribution in [2.45, 2.75) is 0 Å². The minimum atomic E-state index is -3.57. The molecule has 0 atom stereocenters. The monoisotopic (exact) mass is 258 g/mol. The van der Waals surface area contributed by atoms with Gasteiger partial charge in [0.25, 0.3) is 0 Å². The van der Waals surface area contributed by atoms with Gasteiger partial charge >= 0.3 is 10.2 Å². The van der Waals surface area contributed by atoms with Crippen LogP contribution in [0.15, 0.2) is 40.6 Å². The van der Waals surface area contributed by atoms with E-state index < -0.39 is 10.2 Å². The first kappa shape index (κ1) is 11.0. The summed E-state index contributed by atoms with van der Waals surface area (Å²) >= 11 is 5.70. The average Bonchev–Trinajstić information content (AvgIpc) is 2.24. The highest BCUT2D eigenvalue weighted by molar-refractivity contribution is 7.88. The van der Waals surface area contributed by atoms with Crippen molar-refractivity contribution >= 4 is 28.0 Å². The SMILES string of the molecule is O=S1(=O)N=CC(Oc2ccc(Cl)cc2)=CN1. The maximum absolute atomic E-state index is 10.9. The molecule has 0 amide bonds. The summed E-state index contributed by atoms with van der Waals surface area (Å²) in [6.45, 7) is 0. The Bertz CT molecular complexity index is 549. The molecule has 2 rings (SSSR count). The molecule has 0 unspecified atom stereocenters. The normalized spacial score (nSPS) is 17.4. The van der Waals surface area contributed by atoms with Crippen molar-refractivity contribution in [3.05, 3.63) is 41.2 Å². The van der Waals surface area contributed by atoms with Gasteiger partial charge in [-0.15, -0.1) is 4.40 Å². The van der Waals surface area contributed by atoms with Crippen molar-refractivity contribution in [3.8, 4) is 5.75 Å². The number of allylic oxidation sites excluding steroid dienone is 1. The fourth-order valence-electron chi connectivity index (χ4n) is 1.02. The third-order valence-electron chi connectivity index (χ3n) is 1.72. The molecular formula is C9H7ClN2O3S. The smallest absolute Gasteiger partial charge is 0.342 e. The Hall–Kier alpha value is -1.53. The van der Waals surface area contributed by atoms with E-state index in [4.69, 9.17) is 16.3 Å². The van der Waals surface area contributed by atoms with E-state index in [2.05, 4.69) is 9.12 Å². The molecule has 1 aliphatic rings. The topological polar surface area (TPSA) is 67.8 Å². The van der Waals surface area contributed by atoms with Crippen LogP contribution < -0.4 is 9.46 Å². The number of rotatable bonds is 2. The predicted molar refractivity (Wildman–Crippen MR) is 60.7 cm³/mol. The van der Waals surface area contributed by atoms with Crippen LogP contribution in [0.2, 0.25) is 5.02 Å². The summed E-state index contributed by atoms with van der Waals surface area (Å²) in [5, 5.41) is 0.597. The van der Waals surface area contributed by atoms with E-state index in [-0.39, 0.29) is 0 Å². The second kappa shape index (κ2) is 4.15. The van der Waals surface area contributed by atoms with E-state index >= 15 is 0 Å². The molecular weight excluding hydrogens is 252 g/mol. The fourth-order valence-corrected chi connectivity index (χ4v) is 1.71. The van der Waals surface area contributed by atoms with Crippen molar-refractivity contribution in [2.75, 3.05) is 0 Å². The standard InChI is InChI=1S/C9H7ClN2O3S/c10-7-1-3-8(4-2-7)15-9-5-11-16(13,14)12-6-9/h1-6,11H. The van der Waals surface area contributed by atoms with Crippen LogP contribution in [0, 0.1) is 0 Å². The van der Waals surface area contributed by atoms with E-state index in [9.17, 15) is 8.42 Å². The first-order valence-corrected chi connectivity index (χ1v) is 6.08. The maximum Gasteiger partial charge on any atom is 0.342 e. The number of hydrogen-bond acceptors (Lipinski definition) is 3. The highest BCUT2D eigenvalue weighted by atomic mass is 35.5. The molecule has 1 aromatic carbocycles. The molecule has 16 heavy (non-hydrogen) atoms. The van der Waals surface area contributed by atoms with E-state index in [1.54, 1.807) is 24.3 Å². The van der Waals surface area contributed by atoms with Crippen LogP contribution in [-0.2, 0) is 10.2 Å². The molecule has 1 N–H and O–H groups in total. The summed E-state index contributed by atoms with van der Waals surface area (Å²) in [5.41, 5.74) is 0. The lowest BCUT2D eigenvalue weighted by atomic mass is 10.3. The fraction of sp³-hybridized carbons (Fsp3) is 0. The number of nitrogens with zero attached hydrogens (tertiary/aromatic N) is 1. The summed E-state index contributed by atoms with van der Waals surface area (Å²) in [6, 6.07) is 6.67. The lowest BCUT2D eigenvalue weighted by molar-refractivity contribution is 0.453. The zero-order valence-corrected chi connectivity index (χ0v) is 9.49. The van der Waals surface area contributed by atoms with Crippen LogP contribution in [0.4, 0.5) is 0 Å². The van der Waals surface area contributed by atoms with Crippen molar-refractivity contribution in [2.24, 2.45) is 4.40 Å². The minimum absolute atomic E-state index is 0.303. The maximum atomic E-state index is 10.9. The van der Waals surface area contributed by atoms with E-state index in [0.29, 0.717) is 16.5 Å². The largest absolute Gasteiger partial charge is 0.454 e. The van der Waals surface area contributed by atoms with Gasteiger partial charge in [-0.1, -0.05) is 11.6 Å². The molecule has 0 saturated carbocycles. The van der Waals surface area contributed by atoms with Gasteiger partial charge < -0.3 is 4.74 Å². The number of hydrogen-bond donors (Lipinski definition) is 1. The van der Waals surface area contributed by atoms with Crippen molar-refractivity contribution < 1.29 is 13.2 Å². The van der Waals surface area contributed by atoms with Gasteiger partial charge in [0.1, 0.15) is 5.75 Å². The molecule has 0 spiro atoms. The van der Waals surface area contributed by atoms with E-state index in [1.165, 1.54) is 6.20 Å². The molecule has 0 saturated heterocycles. The first-order valence-electron chi connectivity index (χ1n) is 4.26. The lowest BCUT2D eigenvalue weighted by Crippen LogP contribution is -2.21. The Morgan fingerprint density at radius 1 is 1.25 bits per heavy atom. The summed E-state index contributed by atoms with van der Waals surface area (Å²) in [6.07, 6.45) is 2.34. The molecule has 1 heterocycles. The number of ether oxygens (including phenoxy) is 1. The Kier molecular flexibility index (Phi) is 2.84. The molecule has 0 radical (unpaired) electrons. The first-order chi connectivity index (χ1) is 7.55. The zero-order valence-electron chi connectivity index (χ0n) is 7.92. The summed E-state index contributed by atoms with van der Waals surface area (Å²) in [4.78, 5) is 0. The highest BCUT2D eigenvalue weighted by Crippen LogP contribution is 2.17. The van der Waals surface area contributed by atoms with E-state index in [1.807, 2.05) is 0 Å². The number of halogens is 1. The predicted octanol–water partition coefficient (Wildman–Crippen LogP) is 1.48. The van der Waals surface area contributed by atoms with Gasteiger partial charge in [-0.3, -0.25) is 4.72 Å². The minimum Gasteiger partial charge on any atom is -0.454 e. The third-order valence-corrected chi connectivity index (χ3v) is 2.77. The Labute approximate surface area is 97.6 Å². The summed E-state index contributed by atoms with van der Waals surface area (Å²) in [7, 11) is -3.57. The number of nitrogens with one attached hydrogen (secondary N) is 1. The van der Waals surface area contributed by atoms with Gasteiger partial charge in [-0.05, 0) is 24.3 Å². The molecule has 1 aliphatic heterocycles. The highest BCUT2D eigenvalue weighted by Gasteiger charge is 2.10. The van der Waals surface area contributed by atoms with Gasteiger partial charge in [-0.25, -0.2) is 0 Å². The summed E-state index contributed by atoms with van der Waals surface area (Å²) in [5.74, 6) is 0.848. The Morgan fingerprint density at radius 2 is 1.94 bits per heavy atom. The molecule has 0 bridgehead atoms. The quantitative estimate of drug-likeness (QED) is 0.874. The summed E-state index contributed by atoms with van der Waals surface area (Å²) < 4.78 is 32.4.